The number of hydrogen-bond donors (Lipinski definition) is 1. The summed E-state index contributed by atoms with van der Waals surface area (Å²) in [6, 6.07) is 10.2. The van der Waals surface area contributed by atoms with E-state index in [1.807, 2.05) is 36.9 Å². The van der Waals surface area contributed by atoms with E-state index in [1.54, 1.807) is 0 Å². The number of para-hydroxylation sites is 1. The maximum Gasteiger partial charge on any atom is 0.242 e. The quantitative estimate of drug-likeness (QED) is 0.897. The normalized spacial score (nSPS) is 16.3. The van der Waals surface area contributed by atoms with Crippen LogP contribution < -0.4 is 10.2 Å². The third-order valence-corrected chi connectivity index (χ3v) is 4.23. The van der Waals surface area contributed by atoms with Gasteiger partial charge in [0, 0.05) is 37.8 Å². The minimum Gasteiger partial charge on any atom is -0.368 e. The van der Waals surface area contributed by atoms with Crippen LogP contribution in [0.2, 0.25) is 0 Å². The summed E-state index contributed by atoms with van der Waals surface area (Å²) in [7, 11) is 0. The molecular formula is C17H25N3O2. The largest absolute Gasteiger partial charge is 0.368 e. The van der Waals surface area contributed by atoms with Gasteiger partial charge in [-0.1, -0.05) is 32.0 Å². The highest BCUT2D eigenvalue weighted by Gasteiger charge is 2.21. The molecule has 1 saturated heterocycles. The fourth-order valence-corrected chi connectivity index (χ4v) is 2.49. The Morgan fingerprint density at radius 1 is 1.14 bits per heavy atom. The van der Waals surface area contributed by atoms with Gasteiger partial charge in [-0.05, 0) is 18.6 Å². The van der Waals surface area contributed by atoms with Gasteiger partial charge in [0.2, 0.25) is 11.8 Å². The van der Waals surface area contributed by atoms with Gasteiger partial charge in [0.05, 0.1) is 6.54 Å². The molecule has 2 rings (SSSR count). The average molecular weight is 303 g/mol. The maximum absolute atomic E-state index is 12.1. The summed E-state index contributed by atoms with van der Waals surface area (Å²) in [6.45, 7) is 7.01. The molecule has 0 bridgehead atoms. The Bertz CT molecular complexity index is 496. The number of carbonyl (C=O) groups is 2. The van der Waals surface area contributed by atoms with Gasteiger partial charge >= 0.3 is 0 Å². The van der Waals surface area contributed by atoms with E-state index in [9.17, 15) is 9.59 Å². The molecule has 2 amide bonds. The van der Waals surface area contributed by atoms with Crippen LogP contribution in [0, 0.1) is 5.92 Å². The second-order valence-corrected chi connectivity index (χ2v) is 5.73. The zero-order valence-electron chi connectivity index (χ0n) is 13.4. The fourth-order valence-electron chi connectivity index (χ4n) is 2.49. The fraction of sp³-hybridized carbons (Fsp3) is 0.529. The predicted octanol–water partition coefficient (Wildman–Crippen LogP) is 1.50. The maximum atomic E-state index is 12.1. The number of hydrogen-bond acceptors (Lipinski definition) is 3. The van der Waals surface area contributed by atoms with Crippen molar-refractivity contribution in [3.8, 4) is 0 Å². The Morgan fingerprint density at radius 2 is 1.77 bits per heavy atom. The van der Waals surface area contributed by atoms with Crippen molar-refractivity contribution in [2.75, 3.05) is 37.6 Å². The first-order chi connectivity index (χ1) is 10.6. The summed E-state index contributed by atoms with van der Waals surface area (Å²) in [4.78, 5) is 28.0. The van der Waals surface area contributed by atoms with Crippen LogP contribution in [0.15, 0.2) is 30.3 Å². The van der Waals surface area contributed by atoms with Crippen molar-refractivity contribution in [3.05, 3.63) is 30.3 Å². The van der Waals surface area contributed by atoms with Gasteiger partial charge in [-0.15, -0.1) is 0 Å². The van der Waals surface area contributed by atoms with Gasteiger partial charge in [-0.25, -0.2) is 0 Å². The molecule has 1 N–H and O–H groups in total. The Balaban J connectivity index is 1.77. The molecule has 0 spiro atoms. The van der Waals surface area contributed by atoms with Crippen molar-refractivity contribution in [2.24, 2.45) is 5.92 Å². The number of anilines is 1. The zero-order valence-corrected chi connectivity index (χ0v) is 13.4. The van der Waals surface area contributed by atoms with E-state index in [2.05, 4.69) is 22.3 Å². The third kappa shape index (κ3) is 4.23. The lowest BCUT2D eigenvalue weighted by Crippen LogP contribution is -2.51. The summed E-state index contributed by atoms with van der Waals surface area (Å²) < 4.78 is 0. The molecular weight excluding hydrogens is 278 g/mol. The summed E-state index contributed by atoms with van der Waals surface area (Å²) >= 11 is 0. The van der Waals surface area contributed by atoms with Crippen LogP contribution in [0.3, 0.4) is 0 Å². The monoisotopic (exact) mass is 303 g/mol. The lowest BCUT2D eigenvalue weighted by Gasteiger charge is -2.36. The topological polar surface area (TPSA) is 52.7 Å². The number of carbonyl (C=O) groups excluding carboxylic acids is 2. The van der Waals surface area contributed by atoms with Crippen molar-refractivity contribution in [2.45, 2.75) is 20.3 Å². The van der Waals surface area contributed by atoms with Crippen molar-refractivity contribution < 1.29 is 9.59 Å². The smallest absolute Gasteiger partial charge is 0.242 e. The molecule has 0 unspecified atom stereocenters. The standard InChI is InChI=1S/C17H25N3O2/c1-3-14(2)17(22)18-13-16(21)20-11-9-19(10-12-20)15-7-5-4-6-8-15/h4-8,14H,3,9-13H2,1-2H3,(H,18,22)/t14-/m1/s1. The van der Waals surface area contributed by atoms with Crippen molar-refractivity contribution in [3.63, 3.8) is 0 Å². The molecule has 0 radical (unpaired) electrons. The molecule has 22 heavy (non-hydrogen) atoms. The number of benzene rings is 1. The second kappa shape index (κ2) is 7.82. The summed E-state index contributed by atoms with van der Waals surface area (Å²) in [5.74, 6) is -0.0779. The third-order valence-electron chi connectivity index (χ3n) is 4.23. The van der Waals surface area contributed by atoms with Gasteiger partial charge in [0.1, 0.15) is 0 Å². The van der Waals surface area contributed by atoms with Crippen molar-refractivity contribution in [1.29, 1.82) is 0 Å². The summed E-state index contributed by atoms with van der Waals surface area (Å²) in [5, 5.41) is 2.73. The van der Waals surface area contributed by atoms with Crippen LogP contribution >= 0.6 is 0 Å². The number of amides is 2. The van der Waals surface area contributed by atoms with Crippen LogP contribution in [0.4, 0.5) is 5.69 Å². The van der Waals surface area contributed by atoms with Crippen LogP contribution in [-0.2, 0) is 9.59 Å². The number of nitrogens with zero attached hydrogens (tertiary/aromatic N) is 2. The van der Waals surface area contributed by atoms with E-state index in [4.69, 9.17) is 0 Å². The number of nitrogens with one attached hydrogen (secondary N) is 1. The highest BCUT2D eigenvalue weighted by molar-refractivity contribution is 5.85. The van der Waals surface area contributed by atoms with Gasteiger partial charge in [-0.2, -0.15) is 0 Å². The van der Waals surface area contributed by atoms with Crippen molar-refractivity contribution >= 4 is 17.5 Å². The first kappa shape index (κ1) is 16.3. The van der Waals surface area contributed by atoms with Crippen molar-refractivity contribution in [1.82, 2.24) is 10.2 Å². The molecule has 5 nitrogen and oxygen atoms in total. The molecule has 0 aliphatic carbocycles. The molecule has 1 aliphatic heterocycles. The number of piperazine rings is 1. The van der Waals surface area contributed by atoms with Crippen LogP contribution in [0.1, 0.15) is 20.3 Å². The number of rotatable bonds is 5. The van der Waals surface area contributed by atoms with E-state index in [-0.39, 0.29) is 24.3 Å². The first-order valence-corrected chi connectivity index (χ1v) is 7.97. The molecule has 1 heterocycles. The van der Waals surface area contributed by atoms with Gasteiger partial charge < -0.3 is 15.1 Å². The van der Waals surface area contributed by atoms with Gasteiger partial charge in [0.25, 0.3) is 0 Å². The van der Waals surface area contributed by atoms with E-state index in [1.165, 1.54) is 5.69 Å². The molecule has 1 aromatic carbocycles. The molecule has 0 aromatic heterocycles. The lowest BCUT2D eigenvalue weighted by molar-refractivity contribution is -0.134. The minimum absolute atomic E-state index is 0.00404. The minimum atomic E-state index is -0.0428. The molecule has 0 saturated carbocycles. The molecule has 120 valence electrons. The highest BCUT2D eigenvalue weighted by Crippen LogP contribution is 2.15. The SMILES string of the molecule is CC[C@@H](C)C(=O)NCC(=O)N1CCN(c2ccccc2)CC1. The van der Waals surface area contributed by atoms with Crippen LogP contribution in [-0.4, -0.2) is 49.4 Å². The van der Waals surface area contributed by atoms with E-state index < -0.39 is 0 Å². The Morgan fingerprint density at radius 3 is 2.36 bits per heavy atom. The van der Waals surface area contributed by atoms with E-state index in [0.717, 1.165) is 19.5 Å². The lowest BCUT2D eigenvalue weighted by atomic mass is 10.1. The van der Waals surface area contributed by atoms with Gasteiger partial charge in [0.15, 0.2) is 0 Å². The molecule has 1 aliphatic rings. The predicted molar refractivity (Wildman–Crippen MR) is 87.7 cm³/mol. The van der Waals surface area contributed by atoms with Crippen LogP contribution in [0.5, 0.6) is 0 Å². The Labute approximate surface area is 132 Å². The van der Waals surface area contributed by atoms with Crippen LogP contribution in [0.25, 0.3) is 0 Å². The van der Waals surface area contributed by atoms with Gasteiger partial charge in [-0.3, -0.25) is 9.59 Å². The molecule has 1 aromatic rings. The van der Waals surface area contributed by atoms with E-state index in [0.29, 0.717) is 13.1 Å². The summed E-state index contributed by atoms with van der Waals surface area (Å²) in [6.07, 6.45) is 0.787. The molecule has 1 fully saturated rings. The average Bonchev–Trinajstić information content (AvgIpc) is 2.59. The highest BCUT2D eigenvalue weighted by atomic mass is 16.2. The second-order valence-electron chi connectivity index (χ2n) is 5.73. The Hall–Kier alpha value is -2.04. The first-order valence-electron chi connectivity index (χ1n) is 7.97. The van der Waals surface area contributed by atoms with E-state index >= 15 is 0 Å². The summed E-state index contributed by atoms with van der Waals surface area (Å²) in [5.41, 5.74) is 1.19. The molecule has 5 heteroatoms. The zero-order chi connectivity index (χ0) is 15.9. The molecule has 1 atom stereocenters. The Kier molecular flexibility index (Phi) is 5.81.